The Labute approximate surface area is 99.3 Å². The summed E-state index contributed by atoms with van der Waals surface area (Å²) in [4.78, 5) is 4.01. The quantitative estimate of drug-likeness (QED) is 0.812. The van der Waals surface area contributed by atoms with Crippen LogP contribution in [0.2, 0.25) is 0 Å². The highest BCUT2D eigenvalue weighted by Crippen LogP contribution is 2.36. The predicted octanol–water partition coefficient (Wildman–Crippen LogP) is 2.43. The molecule has 2 aromatic heterocycles. The Morgan fingerprint density at radius 1 is 1.50 bits per heavy atom. The first kappa shape index (κ1) is 10.1. The lowest BCUT2D eigenvalue weighted by Gasteiger charge is -2.40. The number of aromatic nitrogens is 2. The fourth-order valence-corrected chi connectivity index (χ4v) is 3.09. The van der Waals surface area contributed by atoms with Gasteiger partial charge in [-0.1, -0.05) is 6.07 Å². The van der Waals surface area contributed by atoms with Crippen molar-refractivity contribution >= 4 is 11.3 Å². The number of hydrogen-bond donors (Lipinski definition) is 0. The van der Waals surface area contributed by atoms with Crippen LogP contribution in [0.5, 0.6) is 0 Å². The average Bonchev–Trinajstić information content (AvgIpc) is 2.85. The summed E-state index contributed by atoms with van der Waals surface area (Å²) < 4.78 is 1.96. The first-order valence-corrected chi connectivity index (χ1v) is 6.47. The molecule has 1 atom stereocenters. The van der Waals surface area contributed by atoms with Gasteiger partial charge in [0.1, 0.15) is 0 Å². The zero-order valence-electron chi connectivity index (χ0n) is 9.34. The largest absolute Gasteiger partial charge is 0.290 e. The molecular formula is C12H15N3S. The first-order valence-electron chi connectivity index (χ1n) is 5.59. The fourth-order valence-electron chi connectivity index (χ4n) is 2.20. The molecule has 1 saturated heterocycles. The lowest BCUT2D eigenvalue weighted by Crippen LogP contribution is -2.40. The maximum Gasteiger partial charge on any atom is 0.0521 e. The predicted molar refractivity (Wildman–Crippen MR) is 65.3 cm³/mol. The smallest absolute Gasteiger partial charge is 0.0521 e. The van der Waals surface area contributed by atoms with E-state index < -0.39 is 0 Å². The molecule has 0 radical (unpaired) electrons. The highest BCUT2D eigenvalue weighted by Gasteiger charge is 2.30. The van der Waals surface area contributed by atoms with Crippen molar-refractivity contribution in [3.8, 4) is 0 Å². The number of aryl methyl sites for hydroxylation is 1. The molecule has 3 rings (SSSR count). The number of likely N-dealkylation sites (tertiary alicyclic amines) is 1. The lowest BCUT2D eigenvalue weighted by molar-refractivity contribution is 0.0816. The van der Waals surface area contributed by atoms with E-state index >= 15 is 0 Å². The highest BCUT2D eigenvalue weighted by molar-refractivity contribution is 7.10. The molecule has 1 fully saturated rings. The van der Waals surface area contributed by atoms with Crippen molar-refractivity contribution in [1.29, 1.82) is 0 Å². The third kappa shape index (κ3) is 1.68. The Balaban J connectivity index is 1.71. The van der Waals surface area contributed by atoms with E-state index in [0.29, 0.717) is 6.04 Å². The van der Waals surface area contributed by atoms with Crippen LogP contribution in [0.15, 0.2) is 29.8 Å². The van der Waals surface area contributed by atoms with Crippen LogP contribution in [-0.2, 0) is 13.6 Å². The number of hydrogen-bond acceptors (Lipinski definition) is 3. The van der Waals surface area contributed by atoms with Crippen molar-refractivity contribution in [3.63, 3.8) is 0 Å². The van der Waals surface area contributed by atoms with Crippen LogP contribution in [0.25, 0.3) is 0 Å². The van der Waals surface area contributed by atoms with Crippen LogP contribution in [0.4, 0.5) is 0 Å². The molecular weight excluding hydrogens is 218 g/mol. The summed E-state index contributed by atoms with van der Waals surface area (Å²) in [6.07, 6.45) is 3.16. The molecule has 0 N–H and O–H groups in total. The fraction of sp³-hybridized carbons (Fsp3) is 0.417. The third-order valence-corrected chi connectivity index (χ3v) is 4.26. The summed E-state index contributed by atoms with van der Waals surface area (Å²) >= 11 is 1.86. The maximum atomic E-state index is 4.21. The van der Waals surface area contributed by atoms with Gasteiger partial charge in [0, 0.05) is 37.3 Å². The van der Waals surface area contributed by atoms with E-state index in [-0.39, 0.29) is 0 Å². The molecule has 0 spiro atoms. The molecule has 84 valence electrons. The normalized spacial score (nSPS) is 20.9. The summed E-state index contributed by atoms with van der Waals surface area (Å²) in [6.45, 7) is 2.22. The summed E-state index contributed by atoms with van der Waals surface area (Å²) in [5.74, 6) is 0. The maximum absolute atomic E-state index is 4.21. The second-order valence-electron chi connectivity index (χ2n) is 4.24. The molecule has 4 heteroatoms. The lowest BCUT2D eigenvalue weighted by atomic mass is 10.0. The van der Waals surface area contributed by atoms with E-state index in [1.54, 1.807) is 0 Å². The van der Waals surface area contributed by atoms with E-state index in [0.717, 1.165) is 6.54 Å². The van der Waals surface area contributed by atoms with Crippen molar-refractivity contribution in [3.05, 3.63) is 40.3 Å². The van der Waals surface area contributed by atoms with E-state index in [1.165, 1.54) is 23.5 Å². The Kier molecular flexibility index (Phi) is 2.53. The highest BCUT2D eigenvalue weighted by atomic mass is 32.1. The summed E-state index contributed by atoms with van der Waals surface area (Å²) in [5.41, 5.74) is 1.29. The van der Waals surface area contributed by atoms with Gasteiger partial charge in [0.05, 0.1) is 5.69 Å². The van der Waals surface area contributed by atoms with Gasteiger partial charge in [-0.15, -0.1) is 11.3 Å². The first-order chi connectivity index (χ1) is 7.84. The van der Waals surface area contributed by atoms with Gasteiger partial charge in [0.25, 0.3) is 0 Å². The van der Waals surface area contributed by atoms with Crippen molar-refractivity contribution in [1.82, 2.24) is 14.7 Å². The molecule has 3 heterocycles. The van der Waals surface area contributed by atoms with Crippen LogP contribution in [-0.4, -0.2) is 21.2 Å². The zero-order valence-corrected chi connectivity index (χ0v) is 10.2. The molecule has 3 nitrogen and oxygen atoms in total. The van der Waals surface area contributed by atoms with Gasteiger partial charge < -0.3 is 0 Å². The summed E-state index contributed by atoms with van der Waals surface area (Å²) in [6, 6.07) is 7.12. The van der Waals surface area contributed by atoms with Gasteiger partial charge in [-0.2, -0.15) is 5.10 Å². The average molecular weight is 233 g/mol. The molecule has 0 bridgehead atoms. The minimum atomic E-state index is 0.634. The Hall–Kier alpha value is -1.13. The van der Waals surface area contributed by atoms with Gasteiger partial charge in [0.15, 0.2) is 0 Å². The standard InChI is InChI=1S/C12H15N3S/c1-14-10(4-6-13-14)9-15-7-5-11(15)12-3-2-8-16-12/h2-4,6,8,11H,5,7,9H2,1H3. The SMILES string of the molecule is Cn1nccc1CN1CCC1c1cccs1. The van der Waals surface area contributed by atoms with Crippen LogP contribution >= 0.6 is 11.3 Å². The number of thiophene rings is 1. The molecule has 0 amide bonds. The minimum Gasteiger partial charge on any atom is -0.290 e. The van der Waals surface area contributed by atoms with Crippen molar-refractivity contribution in [2.24, 2.45) is 7.05 Å². The third-order valence-electron chi connectivity index (χ3n) is 3.29. The Bertz CT molecular complexity index is 460. The molecule has 2 aromatic rings. The molecule has 1 aliphatic rings. The van der Waals surface area contributed by atoms with Crippen LogP contribution in [0, 0.1) is 0 Å². The molecule has 1 unspecified atom stereocenters. The molecule has 0 aliphatic carbocycles. The number of rotatable bonds is 3. The topological polar surface area (TPSA) is 21.1 Å². The van der Waals surface area contributed by atoms with Gasteiger partial charge in [0.2, 0.25) is 0 Å². The molecule has 1 aliphatic heterocycles. The van der Waals surface area contributed by atoms with Crippen LogP contribution in [0.1, 0.15) is 23.0 Å². The van der Waals surface area contributed by atoms with E-state index in [1.807, 2.05) is 29.3 Å². The summed E-state index contributed by atoms with van der Waals surface area (Å²) in [5, 5.41) is 6.37. The molecule has 16 heavy (non-hydrogen) atoms. The number of nitrogens with zero attached hydrogens (tertiary/aromatic N) is 3. The molecule has 0 saturated carbocycles. The van der Waals surface area contributed by atoms with Crippen LogP contribution < -0.4 is 0 Å². The van der Waals surface area contributed by atoms with Gasteiger partial charge in [-0.25, -0.2) is 0 Å². The van der Waals surface area contributed by atoms with E-state index in [2.05, 4.69) is 33.6 Å². The Morgan fingerprint density at radius 3 is 3.00 bits per heavy atom. The van der Waals surface area contributed by atoms with Crippen molar-refractivity contribution < 1.29 is 0 Å². The zero-order chi connectivity index (χ0) is 11.0. The monoisotopic (exact) mass is 233 g/mol. The van der Waals surface area contributed by atoms with Crippen molar-refractivity contribution in [2.75, 3.05) is 6.54 Å². The second-order valence-corrected chi connectivity index (χ2v) is 5.22. The van der Waals surface area contributed by atoms with Crippen LogP contribution in [0.3, 0.4) is 0 Å². The van der Waals surface area contributed by atoms with Gasteiger partial charge >= 0.3 is 0 Å². The van der Waals surface area contributed by atoms with Crippen molar-refractivity contribution in [2.45, 2.75) is 19.0 Å². The van der Waals surface area contributed by atoms with Gasteiger partial charge in [-0.05, 0) is 23.9 Å². The summed E-state index contributed by atoms with van der Waals surface area (Å²) in [7, 11) is 2.01. The van der Waals surface area contributed by atoms with E-state index in [9.17, 15) is 0 Å². The molecule has 0 aromatic carbocycles. The minimum absolute atomic E-state index is 0.634. The van der Waals surface area contributed by atoms with E-state index in [4.69, 9.17) is 0 Å². The van der Waals surface area contributed by atoms with Gasteiger partial charge in [-0.3, -0.25) is 9.58 Å². The second kappa shape index (κ2) is 4.03. The Morgan fingerprint density at radius 2 is 2.44 bits per heavy atom.